The van der Waals surface area contributed by atoms with Gasteiger partial charge in [-0.25, -0.2) is 4.99 Å². The predicted octanol–water partition coefficient (Wildman–Crippen LogP) is 3.28. The molecule has 0 fully saturated rings. The van der Waals surface area contributed by atoms with Gasteiger partial charge in [-0.15, -0.1) is 0 Å². The van der Waals surface area contributed by atoms with Crippen molar-refractivity contribution in [3.63, 3.8) is 0 Å². The Morgan fingerprint density at radius 1 is 1.05 bits per heavy atom. The minimum absolute atomic E-state index is 0.421. The third-order valence-electron chi connectivity index (χ3n) is 3.35. The van der Waals surface area contributed by atoms with Crippen molar-refractivity contribution in [1.82, 2.24) is 0 Å². The van der Waals surface area contributed by atoms with Gasteiger partial charge in [0.2, 0.25) is 5.91 Å². The van der Waals surface area contributed by atoms with Crippen LogP contribution in [0.25, 0.3) is 0 Å². The highest BCUT2D eigenvalue weighted by Crippen LogP contribution is 2.20. The Morgan fingerprint density at radius 2 is 1.73 bits per heavy atom. The molecule has 0 aromatic heterocycles. The van der Waals surface area contributed by atoms with E-state index in [1.54, 1.807) is 12.1 Å². The van der Waals surface area contributed by atoms with Gasteiger partial charge in [-0.1, -0.05) is 30.0 Å². The number of primary amides is 1. The maximum Gasteiger partial charge on any atom is 0.248 e. The van der Waals surface area contributed by atoms with Crippen LogP contribution in [0.2, 0.25) is 0 Å². The first-order chi connectivity index (χ1) is 10.5. The van der Waals surface area contributed by atoms with Crippen molar-refractivity contribution < 1.29 is 4.79 Å². The largest absolute Gasteiger partial charge is 0.378 e. The molecule has 0 aliphatic rings. The molecule has 0 aliphatic carbocycles. The number of rotatable bonds is 4. The number of aryl methyl sites for hydroxylation is 2. The number of hydrogen-bond donors (Lipinski definition) is 2. The molecule has 0 radical (unpaired) electrons. The number of carbonyl (C=O) groups excluding carboxylic acids is 1. The average Bonchev–Trinajstić information content (AvgIpc) is 2.49. The lowest BCUT2D eigenvalue weighted by Crippen LogP contribution is -2.10. The highest BCUT2D eigenvalue weighted by Gasteiger charge is 2.02. The standard InChI is InChI=1S/C17H19N3OS/c1-11-3-8-15(9-12(11)2)20-17(19)22-10-13-4-6-14(7-5-13)16(18)21/h3-9H,10H2,1-2H3,(H2,18,21)(H2,19,20). The van der Waals surface area contributed by atoms with E-state index in [4.69, 9.17) is 11.5 Å². The molecule has 5 heteroatoms. The summed E-state index contributed by atoms with van der Waals surface area (Å²) in [6, 6.07) is 13.2. The van der Waals surface area contributed by atoms with Crippen LogP contribution in [0.1, 0.15) is 27.0 Å². The van der Waals surface area contributed by atoms with Crippen molar-refractivity contribution in [2.75, 3.05) is 0 Å². The molecule has 2 aromatic carbocycles. The van der Waals surface area contributed by atoms with Crippen molar-refractivity contribution in [2.24, 2.45) is 16.5 Å². The monoisotopic (exact) mass is 313 g/mol. The van der Waals surface area contributed by atoms with Gasteiger partial charge in [0, 0.05) is 11.3 Å². The van der Waals surface area contributed by atoms with Gasteiger partial charge in [0.25, 0.3) is 0 Å². The molecular weight excluding hydrogens is 294 g/mol. The number of nitrogens with zero attached hydrogens (tertiary/aromatic N) is 1. The molecule has 0 saturated carbocycles. The molecular formula is C17H19N3OS. The summed E-state index contributed by atoms with van der Waals surface area (Å²) < 4.78 is 0. The second-order valence-electron chi connectivity index (χ2n) is 5.07. The summed E-state index contributed by atoms with van der Waals surface area (Å²) in [6.45, 7) is 4.12. The van der Waals surface area contributed by atoms with E-state index in [0.29, 0.717) is 16.5 Å². The molecule has 0 heterocycles. The molecule has 2 rings (SSSR count). The van der Waals surface area contributed by atoms with E-state index in [1.807, 2.05) is 30.3 Å². The molecule has 114 valence electrons. The van der Waals surface area contributed by atoms with Crippen molar-refractivity contribution in [1.29, 1.82) is 0 Å². The minimum atomic E-state index is -0.421. The molecule has 4 N–H and O–H groups in total. The van der Waals surface area contributed by atoms with Crippen LogP contribution in [0.3, 0.4) is 0 Å². The fourth-order valence-electron chi connectivity index (χ4n) is 1.88. The SMILES string of the molecule is Cc1ccc(N=C(N)SCc2ccc(C(N)=O)cc2)cc1C. The van der Waals surface area contributed by atoms with Crippen molar-refractivity contribution in [2.45, 2.75) is 19.6 Å². The smallest absolute Gasteiger partial charge is 0.248 e. The van der Waals surface area contributed by atoms with Crippen LogP contribution in [0.4, 0.5) is 5.69 Å². The van der Waals surface area contributed by atoms with Gasteiger partial charge in [0.05, 0.1) is 5.69 Å². The summed E-state index contributed by atoms with van der Waals surface area (Å²) in [5.74, 6) is 0.272. The van der Waals surface area contributed by atoms with Crippen LogP contribution in [-0.2, 0) is 5.75 Å². The maximum atomic E-state index is 11.0. The third kappa shape index (κ3) is 4.36. The van der Waals surface area contributed by atoms with E-state index in [0.717, 1.165) is 11.3 Å². The van der Waals surface area contributed by atoms with Gasteiger partial charge in [0.15, 0.2) is 5.17 Å². The van der Waals surface area contributed by atoms with Gasteiger partial charge in [0.1, 0.15) is 0 Å². The van der Waals surface area contributed by atoms with E-state index in [1.165, 1.54) is 22.9 Å². The number of amides is 1. The van der Waals surface area contributed by atoms with Gasteiger partial charge in [-0.3, -0.25) is 4.79 Å². The van der Waals surface area contributed by atoms with Crippen LogP contribution in [-0.4, -0.2) is 11.1 Å². The first kappa shape index (κ1) is 16.1. The Morgan fingerprint density at radius 3 is 2.32 bits per heavy atom. The van der Waals surface area contributed by atoms with Gasteiger partial charge >= 0.3 is 0 Å². The normalized spacial score (nSPS) is 11.5. The fraction of sp³-hybridized carbons (Fsp3) is 0.176. The maximum absolute atomic E-state index is 11.0. The number of benzene rings is 2. The summed E-state index contributed by atoms with van der Waals surface area (Å²) >= 11 is 1.46. The highest BCUT2D eigenvalue weighted by atomic mass is 32.2. The molecule has 4 nitrogen and oxygen atoms in total. The molecule has 22 heavy (non-hydrogen) atoms. The quantitative estimate of drug-likeness (QED) is 0.671. The van der Waals surface area contributed by atoms with Crippen molar-refractivity contribution in [3.05, 3.63) is 64.7 Å². The first-order valence-electron chi connectivity index (χ1n) is 6.88. The molecule has 1 amide bonds. The van der Waals surface area contributed by atoms with Gasteiger partial charge < -0.3 is 11.5 Å². The summed E-state index contributed by atoms with van der Waals surface area (Å²) in [4.78, 5) is 15.4. The Hall–Kier alpha value is -2.27. The highest BCUT2D eigenvalue weighted by molar-refractivity contribution is 8.13. The zero-order valence-electron chi connectivity index (χ0n) is 12.7. The Kier molecular flexibility index (Phi) is 5.22. The summed E-state index contributed by atoms with van der Waals surface area (Å²) in [5.41, 5.74) is 16.0. The number of nitrogens with two attached hydrogens (primary N) is 2. The molecule has 0 saturated heterocycles. The van der Waals surface area contributed by atoms with Crippen LogP contribution in [0.5, 0.6) is 0 Å². The zero-order chi connectivity index (χ0) is 16.1. The lowest BCUT2D eigenvalue weighted by Gasteiger charge is -2.04. The number of thioether (sulfide) groups is 1. The molecule has 0 bridgehead atoms. The van der Waals surface area contributed by atoms with Crippen LogP contribution >= 0.6 is 11.8 Å². The Bertz CT molecular complexity index is 708. The van der Waals surface area contributed by atoms with Crippen LogP contribution < -0.4 is 11.5 Å². The zero-order valence-corrected chi connectivity index (χ0v) is 13.5. The number of amidine groups is 1. The summed E-state index contributed by atoms with van der Waals surface area (Å²) in [7, 11) is 0. The third-order valence-corrected chi connectivity index (χ3v) is 4.22. The van der Waals surface area contributed by atoms with E-state index in [-0.39, 0.29) is 0 Å². The second-order valence-corrected chi connectivity index (χ2v) is 6.06. The lowest BCUT2D eigenvalue weighted by atomic mass is 10.1. The number of carbonyl (C=O) groups is 1. The molecule has 0 unspecified atom stereocenters. The van der Waals surface area contributed by atoms with Crippen molar-refractivity contribution >= 4 is 28.5 Å². The topological polar surface area (TPSA) is 81.5 Å². The lowest BCUT2D eigenvalue weighted by molar-refractivity contribution is 0.100. The van der Waals surface area contributed by atoms with E-state index >= 15 is 0 Å². The van der Waals surface area contributed by atoms with E-state index < -0.39 is 5.91 Å². The van der Waals surface area contributed by atoms with Gasteiger partial charge in [-0.2, -0.15) is 0 Å². The van der Waals surface area contributed by atoms with Crippen LogP contribution in [0, 0.1) is 13.8 Å². The number of hydrogen-bond acceptors (Lipinski definition) is 3. The summed E-state index contributed by atoms with van der Waals surface area (Å²) in [6.07, 6.45) is 0. The van der Waals surface area contributed by atoms with Crippen LogP contribution in [0.15, 0.2) is 47.5 Å². The average molecular weight is 313 g/mol. The first-order valence-corrected chi connectivity index (χ1v) is 7.87. The molecule has 0 atom stereocenters. The van der Waals surface area contributed by atoms with E-state index in [2.05, 4.69) is 18.8 Å². The molecule has 0 aliphatic heterocycles. The minimum Gasteiger partial charge on any atom is -0.378 e. The van der Waals surface area contributed by atoms with Crippen molar-refractivity contribution in [3.8, 4) is 0 Å². The summed E-state index contributed by atoms with van der Waals surface area (Å²) in [5, 5.41) is 0.516. The predicted molar refractivity (Wildman–Crippen MR) is 93.5 cm³/mol. The van der Waals surface area contributed by atoms with Gasteiger partial charge in [-0.05, 0) is 54.8 Å². The second kappa shape index (κ2) is 7.13. The van der Waals surface area contributed by atoms with E-state index in [9.17, 15) is 4.79 Å². The molecule has 0 spiro atoms. The number of aliphatic imine (C=N–C) groups is 1. The Labute approximate surface area is 134 Å². The molecule has 2 aromatic rings. The fourth-order valence-corrected chi connectivity index (χ4v) is 2.55. The Balaban J connectivity index is 1.99.